The predicted molar refractivity (Wildman–Crippen MR) is 92.9 cm³/mol. The normalized spacial score (nSPS) is 15.7. The number of carbonyl (C=O) groups is 1. The first kappa shape index (κ1) is 16.4. The third-order valence-corrected chi connectivity index (χ3v) is 3.88. The van der Waals surface area contributed by atoms with Gasteiger partial charge in [0.15, 0.2) is 0 Å². The fourth-order valence-electron chi connectivity index (χ4n) is 2.54. The van der Waals surface area contributed by atoms with E-state index in [9.17, 15) is 4.79 Å². The van der Waals surface area contributed by atoms with E-state index < -0.39 is 0 Å². The molecule has 0 atom stereocenters. The molecule has 1 aromatic carbocycles. The van der Waals surface area contributed by atoms with E-state index in [1.807, 2.05) is 36.5 Å². The first-order valence-corrected chi connectivity index (χ1v) is 8.17. The Kier molecular flexibility index (Phi) is 5.76. The van der Waals surface area contributed by atoms with Crippen molar-refractivity contribution in [1.82, 2.24) is 20.0 Å². The Hall–Kier alpha value is -2.44. The zero-order valence-electron chi connectivity index (χ0n) is 13.6. The summed E-state index contributed by atoms with van der Waals surface area (Å²) < 4.78 is 7.09. The van der Waals surface area contributed by atoms with Crippen molar-refractivity contribution in [2.45, 2.75) is 0 Å². The van der Waals surface area contributed by atoms with Gasteiger partial charge in [-0.15, -0.1) is 0 Å². The largest absolute Gasteiger partial charge is 0.379 e. The molecule has 0 saturated carbocycles. The van der Waals surface area contributed by atoms with Crippen molar-refractivity contribution in [3.63, 3.8) is 0 Å². The minimum Gasteiger partial charge on any atom is -0.379 e. The maximum atomic E-state index is 11.9. The van der Waals surface area contributed by atoms with Gasteiger partial charge in [-0.25, -0.2) is 4.68 Å². The molecular weight excluding hydrogens is 304 g/mol. The van der Waals surface area contributed by atoms with Crippen LogP contribution in [0.5, 0.6) is 0 Å². The number of hydrogen-bond acceptors (Lipinski definition) is 4. The van der Waals surface area contributed by atoms with Gasteiger partial charge in [0.05, 0.1) is 25.1 Å². The molecule has 1 aromatic heterocycles. The second-order valence-electron chi connectivity index (χ2n) is 5.63. The third kappa shape index (κ3) is 4.78. The van der Waals surface area contributed by atoms with E-state index in [2.05, 4.69) is 15.3 Å². The van der Waals surface area contributed by atoms with E-state index in [1.54, 1.807) is 23.0 Å². The van der Waals surface area contributed by atoms with E-state index in [4.69, 9.17) is 4.74 Å². The number of ether oxygens (including phenoxy) is 1. The zero-order valence-corrected chi connectivity index (χ0v) is 13.6. The Bertz CT molecular complexity index is 675. The number of amides is 1. The monoisotopic (exact) mass is 326 g/mol. The average molecular weight is 326 g/mol. The molecule has 1 aliphatic rings. The molecule has 0 aliphatic carbocycles. The van der Waals surface area contributed by atoms with Gasteiger partial charge in [0.2, 0.25) is 5.91 Å². The average Bonchev–Trinajstić information content (AvgIpc) is 3.11. The first-order valence-electron chi connectivity index (χ1n) is 8.17. The molecular formula is C18H22N4O2. The Morgan fingerprint density at radius 2 is 2.04 bits per heavy atom. The van der Waals surface area contributed by atoms with Crippen molar-refractivity contribution < 1.29 is 9.53 Å². The van der Waals surface area contributed by atoms with Crippen molar-refractivity contribution in [1.29, 1.82) is 0 Å². The van der Waals surface area contributed by atoms with Crippen molar-refractivity contribution in [2.75, 3.05) is 39.4 Å². The molecule has 6 heteroatoms. The summed E-state index contributed by atoms with van der Waals surface area (Å²) >= 11 is 0. The van der Waals surface area contributed by atoms with Crippen LogP contribution >= 0.6 is 0 Å². The minimum atomic E-state index is -0.0873. The van der Waals surface area contributed by atoms with Crippen LogP contribution in [0.1, 0.15) is 5.56 Å². The highest BCUT2D eigenvalue weighted by Crippen LogP contribution is 2.08. The molecule has 1 saturated heterocycles. The molecule has 2 aromatic rings. The van der Waals surface area contributed by atoms with Crippen molar-refractivity contribution in [2.24, 2.45) is 0 Å². The number of para-hydroxylation sites is 1. The molecule has 1 fully saturated rings. The summed E-state index contributed by atoms with van der Waals surface area (Å²) in [7, 11) is 0. The smallest absolute Gasteiger partial charge is 0.244 e. The van der Waals surface area contributed by atoms with Gasteiger partial charge in [0, 0.05) is 44.0 Å². The van der Waals surface area contributed by atoms with Gasteiger partial charge in [-0.3, -0.25) is 9.69 Å². The van der Waals surface area contributed by atoms with Crippen molar-refractivity contribution >= 4 is 12.0 Å². The quantitative estimate of drug-likeness (QED) is 0.814. The number of morpholine rings is 1. The summed E-state index contributed by atoms with van der Waals surface area (Å²) in [5.41, 5.74) is 1.88. The van der Waals surface area contributed by atoms with E-state index in [0.717, 1.165) is 44.1 Å². The van der Waals surface area contributed by atoms with Crippen LogP contribution in [0.3, 0.4) is 0 Å². The van der Waals surface area contributed by atoms with Gasteiger partial charge in [0.25, 0.3) is 0 Å². The Balaban J connectivity index is 1.45. The number of benzene rings is 1. The summed E-state index contributed by atoms with van der Waals surface area (Å²) in [4.78, 5) is 14.2. The number of nitrogens with one attached hydrogen (secondary N) is 1. The maximum Gasteiger partial charge on any atom is 0.244 e. The minimum absolute atomic E-state index is 0.0873. The highest BCUT2D eigenvalue weighted by atomic mass is 16.5. The Labute approximate surface area is 141 Å². The van der Waals surface area contributed by atoms with Gasteiger partial charge < -0.3 is 10.1 Å². The molecule has 6 nitrogen and oxygen atoms in total. The SMILES string of the molecule is O=C(C=Cc1cnn(-c2ccccc2)c1)NCCN1CCOCC1. The molecule has 3 rings (SSSR count). The van der Waals surface area contributed by atoms with Gasteiger partial charge in [-0.1, -0.05) is 18.2 Å². The van der Waals surface area contributed by atoms with E-state index in [-0.39, 0.29) is 5.91 Å². The van der Waals surface area contributed by atoms with Crippen LogP contribution in [0.15, 0.2) is 48.8 Å². The molecule has 0 unspecified atom stereocenters. The molecule has 1 amide bonds. The summed E-state index contributed by atoms with van der Waals surface area (Å²) in [5, 5.41) is 7.21. The van der Waals surface area contributed by atoms with Gasteiger partial charge in [0.1, 0.15) is 0 Å². The van der Waals surface area contributed by atoms with E-state index in [1.165, 1.54) is 0 Å². The van der Waals surface area contributed by atoms with Crippen LogP contribution in [0.25, 0.3) is 11.8 Å². The topological polar surface area (TPSA) is 59.4 Å². The highest BCUT2D eigenvalue weighted by Gasteiger charge is 2.09. The summed E-state index contributed by atoms with van der Waals surface area (Å²) in [5.74, 6) is -0.0873. The summed E-state index contributed by atoms with van der Waals surface area (Å²) in [6.07, 6.45) is 6.96. The molecule has 1 N–H and O–H groups in total. The third-order valence-electron chi connectivity index (χ3n) is 3.88. The molecule has 24 heavy (non-hydrogen) atoms. The van der Waals surface area contributed by atoms with Crippen molar-refractivity contribution in [3.8, 4) is 5.69 Å². The number of hydrogen-bond donors (Lipinski definition) is 1. The van der Waals surface area contributed by atoms with Crippen LogP contribution in [0, 0.1) is 0 Å². The number of nitrogens with zero attached hydrogens (tertiary/aromatic N) is 3. The standard InChI is InChI=1S/C18H22N4O2/c23-18(19-8-9-21-10-12-24-13-11-21)7-6-16-14-20-22(15-16)17-4-2-1-3-5-17/h1-7,14-15H,8-13H2,(H,19,23). The van der Waals surface area contributed by atoms with Crippen LogP contribution in [-0.2, 0) is 9.53 Å². The summed E-state index contributed by atoms with van der Waals surface area (Å²) in [6.45, 7) is 4.93. The second kappa shape index (κ2) is 8.42. The lowest BCUT2D eigenvalue weighted by atomic mass is 10.3. The molecule has 0 radical (unpaired) electrons. The fraction of sp³-hybridized carbons (Fsp3) is 0.333. The van der Waals surface area contributed by atoms with E-state index in [0.29, 0.717) is 6.54 Å². The Morgan fingerprint density at radius 3 is 2.83 bits per heavy atom. The first-order chi connectivity index (χ1) is 11.8. The lowest BCUT2D eigenvalue weighted by Gasteiger charge is -2.26. The van der Waals surface area contributed by atoms with Crippen LogP contribution in [0.2, 0.25) is 0 Å². The van der Waals surface area contributed by atoms with Crippen LogP contribution < -0.4 is 5.32 Å². The van der Waals surface area contributed by atoms with Gasteiger partial charge in [-0.05, 0) is 18.2 Å². The van der Waals surface area contributed by atoms with Gasteiger partial charge in [-0.2, -0.15) is 5.10 Å². The molecule has 2 heterocycles. The molecule has 126 valence electrons. The zero-order chi connectivity index (χ0) is 16.6. The molecule has 0 spiro atoms. The van der Waals surface area contributed by atoms with Crippen molar-refractivity contribution in [3.05, 3.63) is 54.4 Å². The van der Waals surface area contributed by atoms with Crippen LogP contribution in [0.4, 0.5) is 0 Å². The van der Waals surface area contributed by atoms with Crippen LogP contribution in [-0.4, -0.2) is 60.0 Å². The molecule has 0 bridgehead atoms. The lowest BCUT2D eigenvalue weighted by Crippen LogP contribution is -2.41. The second-order valence-corrected chi connectivity index (χ2v) is 5.63. The van der Waals surface area contributed by atoms with Gasteiger partial charge >= 0.3 is 0 Å². The lowest BCUT2D eigenvalue weighted by molar-refractivity contribution is -0.116. The number of aromatic nitrogens is 2. The Morgan fingerprint density at radius 1 is 1.25 bits per heavy atom. The maximum absolute atomic E-state index is 11.9. The highest BCUT2D eigenvalue weighted by molar-refractivity contribution is 5.91. The van der Waals surface area contributed by atoms with E-state index >= 15 is 0 Å². The summed E-state index contributed by atoms with van der Waals surface area (Å²) in [6, 6.07) is 9.87. The molecule has 1 aliphatic heterocycles. The number of rotatable bonds is 6. The predicted octanol–water partition coefficient (Wildman–Crippen LogP) is 1.33. The fourth-order valence-corrected chi connectivity index (χ4v) is 2.54. The number of carbonyl (C=O) groups excluding carboxylic acids is 1.